The number of benzene rings is 2. The Morgan fingerprint density at radius 2 is 1.70 bits per heavy atom. The zero-order chi connectivity index (χ0) is 20.2. The van der Waals surface area contributed by atoms with E-state index in [1.54, 1.807) is 30.3 Å². The lowest BCUT2D eigenvalue weighted by Gasteiger charge is -2.37. The summed E-state index contributed by atoms with van der Waals surface area (Å²) in [6, 6.07) is 10.6. The fourth-order valence-electron chi connectivity index (χ4n) is 4.69. The minimum atomic E-state index is -0.501. The number of hydrogen-bond donors (Lipinski definition) is 1. The number of anilines is 1. The summed E-state index contributed by atoms with van der Waals surface area (Å²) in [6.07, 6.45) is 4.14. The molecule has 0 saturated heterocycles. The summed E-state index contributed by atoms with van der Waals surface area (Å²) in [5.41, 5.74) is 4.51. The monoisotopic (exact) mass is 401 g/mol. The molecule has 2 aliphatic heterocycles. The molecule has 0 atom stereocenters. The summed E-state index contributed by atoms with van der Waals surface area (Å²) in [5, 5.41) is 18.9. The van der Waals surface area contributed by atoms with Crippen molar-refractivity contribution < 1.29 is 13.9 Å². The molecule has 2 aromatic heterocycles. The summed E-state index contributed by atoms with van der Waals surface area (Å²) in [4.78, 5) is 15.2. The van der Waals surface area contributed by atoms with Gasteiger partial charge in [-0.1, -0.05) is 12.1 Å². The minimum Gasteiger partial charge on any atom is -0.507 e. The Morgan fingerprint density at radius 3 is 2.53 bits per heavy atom. The maximum atomic E-state index is 12.8. The third-order valence-electron chi connectivity index (χ3n) is 6.01. The molecule has 0 spiro atoms. The van der Waals surface area contributed by atoms with Gasteiger partial charge < -0.3 is 18.8 Å². The first-order valence-electron chi connectivity index (χ1n) is 10.2. The molecule has 0 radical (unpaired) electrons. The molecule has 0 bridgehead atoms. The van der Waals surface area contributed by atoms with Crippen molar-refractivity contribution in [2.45, 2.75) is 25.7 Å². The van der Waals surface area contributed by atoms with Gasteiger partial charge >= 0.3 is 5.63 Å². The lowest BCUT2D eigenvalue weighted by Crippen LogP contribution is -2.34. The molecule has 0 amide bonds. The lowest BCUT2D eigenvalue weighted by atomic mass is 9.90. The predicted octanol–water partition coefficient (Wildman–Crippen LogP) is 3.91. The maximum Gasteiger partial charge on any atom is 0.349 e. The van der Waals surface area contributed by atoms with E-state index in [4.69, 9.17) is 8.83 Å². The topological polar surface area (TPSA) is 92.6 Å². The second-order valence-electron chi connectivity index (χ2n) is 7.85. The van der Waals surface area contributed by atoms with Crippen LogP contribution in [-0.4, -0.2) is 28.4 Å². The third-order valence-corrected chi connectivity index (χ3v) is 6.01. The Hall–Kier alpha value is -3.61. The van der Waals surface area contributed by atoms with Gasteiger partial charge in [0.25, 0.3) is 11.8 Å². The summed E-state index contributed by atoms with van der Waals surface area (Å²) < 4.78 is 11.5. The number of fused-ring (bicyclic) bond motifs is 2. The molecule has 0 saturated carbocycles. The predicted molar refractivity (Wildman–Crippen MR) is 112 cm³/mol. The van der Waals surface area contributed by atoms with E-state index in [0.717, 1.165) is 49.7 Å². The van der Waals surface area contributed by atoms with E-state index in [1.165, 1.54) is 11.3 Å². The van der Waals surface area contributed by atoms with Gasteiger partial charge in [0.1, 0.15) is 16.9 Å². The Labute approximate surface area is 171 Å². The molecule has 150 valence electrons. The van der Waals surface area contributed by atoms with E-state index < -0.39 is 5.63 Å². The van der Waals surface area contributed by atoms with Crippen molar-refractivity contribution in [3.05, 3.63) is 57.9 Å². The van der Waals surface area contributed by atoms with Crippen molar-refractivity contribution in [2.75, 3.05) is 18.0 Å². The van der Waals surface area contributed by atoms with Crippen molar-refractivity contribution in [3.63, 3.8) is 0 Å². The van der Waals surface area contributed by atoms with Crippen LogP contribution >= 0.6 is 0 Å². The van der Waals surface area contributed by atoms with Crippen LogP contribution in [0.4, 0.5) is 5.69 Å². The SMILES string of the molecule is O=c1oc2c3c4c(cc2cc1-c1nnc(-c2ccccc2O)o1)CCCN4CCC3. The highest BCUT2D eigenvalue weighted by atomic mass is 16.4. The highest BCUT2D eigenvalue weighted by Crippen LogP contribution is 2.40. The van der Waals surface area contributed by atoms with Crippen molar-refractivity contribution in [3.8, 4) is 28.7 Å². The molecule has 6 rings (SSSR count). The Kier molecular flexibility index (Phi) is 3.71. The molecule has 30 heavy (non-hydrogen) atoms. The van der Waals surface area contributed by atoms with Gasteiger partial charge in [-0.05, 0) is 55.5 Å². The van der Waals surface area contributed by atoms with Gasteiger partial charge in [-0.2, -0.15) is 0 Å². The van der Waals surface area contributed by atoms with Crippen LogP contribution in [0.25, 0.3) is 33.9 Å². The van der Waals surface area contributed by atoms with E-state index in [9.17, 15) is 9.90 Å². The second kappa shape index (κ2) is 6.45. The van der Waals surface area contributed by atoms with Crippen molar-refractivity contribution in [1.82, 2.24) is 10.2 Å². The molecule has 0 fully saturated rings. The van der Waals surface area contributed by atoms with Crippen molar-refractivity contribution in [2.24, 2.45) is 0 Å². The molecule has 4 heterocycles. The quantitative estimate of drug-likeness (QED) is 0.509. The molecule has 2 aliphatic rings. The summed E-state index contributed by atoms with van der Waals surface area (Å²) in [5.74, 6) is 0.268. The highest BCUT2D eigenvalue weighted by Gasteiger charge is 2.27. The maximum absolute atomic E-state index is 12.8. The zero-order valence-corrected chi connectivity index (χ0v) is 16.2. The normalized spacial score (nSPS) is 15.4. The number of phenols is 1. The molecule has 7 nitrogen and oxygen atoms in total. The Bertz CT molecular complexity index is 1350. The van der Waals surface area contributed by atoms with Gasteiger partial charge in [-0.3, -0.25) is 0 Å². The fourth-order valence-corrected chi connectivity index (χ4v) is 4.69. The first-order valence-corrected chi connectivity index (χ1v) is 10.2. The van der Waals surface area contributed by atoms with E-state index in [-0.39, 0.29) is 23.1 Å². The first-order chi connectivity index (χ1) is 14.7. The summed E-state index contributed by atoms with van der Waals surface area (Å²) in [7, 11) is 0. The van der Waals surface area contributed by atoms with Crippen molar-refractivity contribution in [1.29, 1.82) is 0 Å². The molecule has 0 aliphatic carbocycles. The van der Waals surface area contributed by atoms with Crippen LogP contribution in [0.5, 0.6) is 5.75 Å². The molecular weight excluding hydrogens is 382 g/mol. The zero-order valence-electron chi connectivity index (χ0n) is 16.2. The van der Waals surface area contributed by atoms with Crippen LogP contribution in [-0.2, 0) is 12.8 Å². The van der Waals surface area contributed by atoms with E-state index in [0.29, 0.717) is 11.1 Å². The smallest absolute Gasteiger partial charge is 0.349 e. The molecule has 4 aromatic rings. The molecule has 0 unspecified atom stereocenters. The number of para-hydroxylation sites is 1. The van der Waals surface area contributed by atoms with Gasteiger partial charge in [0.15, 0.2) is 0 Å². The Balaban J connectivity index is 1.51. The molecule has 1 N–H and O–H groups in total. The number of phenolic OH excluding ortho intramolecular Hbond substituents is 1. The van der Waals surface area contributed by atoms with E-state index in [1.807, 2.05) is 0 Å². The second-order valence-corrected chi connectivity index (χ2v) is 7.85. The number of nitrogens with zero attached hydrogens (tertiary/aromatic N) is 3. The number of aromatic nitrogens is 2. The lowest BCUT2D eigenvalue weighted by molar-refractivity contribution is 0.473. The van der Waals surface area contributed by atoms with E-state index in [2.05, 4.69) is 21.2 Å². The third kappa shape index (κ3) is 2.55. The van der Waals surface area contributed by atoms with Crippen LogP contribution < -0.4 is 10.5 Å². The molecule has 2 aromatic carbocycles. The number of aromatic hydroxyl groups is 1. The number of aryl methyl sites for hydroxylation is 2. The van der Waals surface area contributed by atoms with E-state index >= 15 is 0 Å². The average molecular weight is 401 g/mol. The summed E-state index contributed by atoms with van der Waals surface area (Å²) >= 11 is 0. The van der Waals surface area contributed by atoms with Gasteiger partial charge in [0.2, 0.25) is 0 Å². The largest absolute Gasteiger partial charge is 0.507 e. The summed E-state index contributed by atoms with van der Waals surface area (Å²) in [6.45, 7) is 2.12. The standard InChI is InChI=1S/C23H19N3O4/c27-18-8-2-1-6-15(18)21-24-25-22(30-21)17-12-14-11-13-5-3-9-26-10-4-7-16(19(13)26)20(14)29-23(17)28/h1-2,6,8,11-12,27H,3-5,7,9-10H2. The van der Waals surface area contributed by atoms with Crippen LogP contribution in [0.2, 0.25) is 0 Å². The molecular formula is C23H19N3O4. The van der Waals surface area contributed by atoms with Gasteiger partial charge in [-0.15, -0.1) is 10.2 Å². The minimum absolute atomic E-state index is 0.0357. The average Bonchev–Trinajstić information content (AvgIpc) is 3.24. The van der Waals surface area contributed by atoms with Gasteiger partial charge in [-0.25, -0.2) is 4.79 Å². The first kappa shape index (κ1) is 17.3. The van der Waals surface area contributed by atoms with Gasteiger partial charge in [0.05, 0.1) is 5.56 Å². The van der Waals surface area contributed by atoms with Crippen LogP contribution in [0.1, 0.15) is 24.0 Å². The number of hydrogen-bond acceptors (Lipinski definition) is 7. The van der Waals surface area contributed by atoms with Crippen LogP contribution in [0, 0.1) is 0 Å². The van der Waals surface area contributed by atoms with Crippen LogP contribution in [0.3, 0.4) is 0 Å². The number of rotatable bonds is 2. The molecule has 7 heteroatoms. The highest BCUT2D eigenvalue weighted by molar-refractivity contribution is 5.90. The van der Waals surface area contributed by atoms with Crippen molar-refractivity contribution >= 4 is 16.7 Å². The fraction of sp³-hybridized carbons (Fsp3) is 0.261. The van der Waals surface area contributed by atoms with Crippen LogP contribution in [0.15, 0.2) is 50.0 Å². The Morgan fingerprint density at radius 1 is 0.933 bits per heavy atom. The van der Waals surface area contributed by atoms with Gasteiger partial charge in [0, 0.05) is 29.7 Å².